The minimum absolute atomic E-state index is 0.0130. The van der Waals surface area contributed by atoms with Crippen LogP contribution in [0.1, 0.15) is 94.0 Å². The minimum Gasteiger partial charge on any atom is -0.504 e. The number of hydrogen-bond acceptors (Lipinski definition) is 27. The lowest BCUT2D eigenvalue weighted by Crippen LogP contribution is -2.64. The van der Waals surface area contributed by atoms with Crippen LogP contribution < -0.4 is 40.8 Å². The summed E-state index contributed by atoms with van der Waals surface area (Å²) in [5.74, 6) is -8.82. The summed E-state index contributed by atoms with van der Waals surface area (Å²) in [6.07, 6.45) is -2.28. The van der Waals surface area contributed by atoms with Crippen molar-refractivity contribution < 1.29 is 103 Å². The molecule has 1 aliphatic carbocycles. The van der Waals surface area contributed by atoms with E-state index < -0.39 is 184 Å². The molecular weight excluding hydrogens is 1360 g/mol. The average molecular weight is 1450 g/mol. The standard InChI is InChI=1S/C66H88N12O21S2/c1-34-29-77-56(57(34)87)62(92)68-28-42(82)26-46(69-58(88)38-11-9-37(10-12-38)47-31-78-66(70-47)100-63(74-78)39-13-15-44(16-14-39)96-45-19-22-75(23-20-45)41-6-4-3-5-7-41)59(89)71-53(35(2)81)64(93)76-30-43(83)27-48(76)60(90)72-54(51(86)24-36-8-17-49(84)52(25-36)97-101-99-98-95)61(91)73-55(65(77)94)50(85)18-21-67-40(32-79)33-80/h8-17,25,31,34-35,40-43,45-46,48,50-51,53-57,67,79-87,95H,3-7,18-24,26-30,32-33H2,1-2H3,(H,68,92)(H,69,88)(H,71,89)(H,72,90)(H,73,91)/t34-,35+,42+,43+,46-,48-,50+,51+,53-,54-,55-,56-,57-/m0/s1. The van der Waals surface area contributed by atoms with E-state index in [0.717, 1.165) is 65.0 Å². The highest BCUT2D eigenvalue weighted by Gasteiger charge is 2.50. The van der Waals surface area contributed by atoms with Crippen LogP contribution >= 0.6 is 23.7 Å². The van der Waals surface area contributed by atoms with Crippen molar-refractivity contribution in [2.24, 2.45) is 5.92 Å². The molecule has 10 rings (SSSR count). The molecule has 550 valence electrons. The molecule has 1 saturated carbocycles. The van der Waals surface area contributed by atoms with Gasteiger partial charge in [-0.2, -0.15) is 5.10 Å². The van der Waals surface area contributed by atoms with Gasteiger partial charge in [-0.1, -0.05) is 65.1 Å². The van der Waals surface area contributed by atoms with Crippen LogP contribution in [0.5, 0.6) is 17.2 Å². The Labute approximate surface area is 588 Å². The molecule has 0 bridgehead atoms. The van der Waals surface area contributed by atoms with Gasteiger partial charge in [0, 0.05) is 80.6 Å². The third-order valence-corrected chi connectivity index (χ3v) is 20.5. The van der Waals surface area contributed by atoms with E-state index in [4.69, 9.17) is 24.3 Å². The summed E-state index contributed by atoms with van der Waals surface area (Å²) < 4.78 is 17.4. The summed E-state index contributed by atoms with van der Waals surface area (Å²) in [7, 11) is 0. The molecule has 5 fully saturated rings. The Morgan fingerprint density at radius 1 is 0.772 bits per heavy atom. The Morgan fingerprint density at radius 3 is 2.14 bits per heavy atom. The maximum atomic E-state index is 15.0. The summed E-state index contributed by atoms with van der Waals surface area (Å²) in [5, 5.41) is 132. The number of fused-ring (bicyclic) bond motifs is 3. The molecule has 13 atom stereocenters. The Bertz CT molecular complexity index is 3620. The number of aromatic nitrogens is 3. The van der Waals surface area contributed by atoms with E-state index >= 15 is 4.79 Å². The van der Waals surface area contributed by atoms with Crippen LogP contribution in [0.15, 0.2) is 72.9 Å². The van der Waals surface area contributed by atoms with Gasteiger partial charge < -0.3 is 101 Å². The largest absolute Gasteiger partial charge is 0.504 e. The predicted octanol–water partition coefficient (Wildman–Crippen LogP) is -1.35. The van der Waals surface area contributed by atoms with E-state index in [9.17, 15) is 74.7 Å². The zero-order valence-electron chi connectivity index (χ0n) is 55.6. The molecule has 3 aromatic carbocycles. The second kappa shape index (κ2) is 35.0. The number of ether oxygens (including phenoxy) is 1. The van der Waals surface area contributed by atoms with Crippen molar-refractivity contribution in [3.63, 3.8) is 0 Å². The van der Waals surface area contributed by atoms with Crippen LogP contribution in [0.25, 0.3) is 26.8 Å². The van der Waals surface area contributed by atoms with Gasteiger partial charge in [0.15, 0.2) is 11.5 Å². The number of nitrogens with zero attached hydrogens (tertiary/aromatic N) is 6. The number of nitrogens with one attached hydrogen (secondary N) is 6. The zero-order chi connectivity index (χ0) is 72.2. The topological polar surface area (TPSA) is 471 Å². The molecule has 35 heteroatoms. The first-order valence-corrected chi connectivity index (χ1v) is 35.2. The van der Waals surface area contributed by atoms with Crippen molar-refractivity contribution in [1.29, 1.82) is 0 Å². The number of amides is 7. The van der Waals surface area contributed by atoms with E-state index in [-0.39, 0.29) is 48.4 Å². The number of phenolic OH excluding ortho intramolecular Hbond substituents is 1. The second-order valence-electron chi connectivity index (χ2n) is 26.4. The van der Waals surface area contributed by atoms with Crippen molar-refractivity contribution in [2.45, 2.75) is 176 Å². The first kappa shape index (κ1) is 75.9. The van der Waals surface area contributed by atoms with E-state index in [1.54, 1.807) is 22.8 Å². The minimum atomic E-state index is -2.16. The number of phenols is 1. The fourth-order valence-electron chi connectivity index (χ4n) is 13.5. The number of aliphatic hydroxyl groups excluding tert-OH is 8. The van der Waals surface area contributed by atoms with Crippen molar-refractivity contribution in [3.05, 3.63) is 84.1 Å². The molecule has 7 amide bonds. The van der Waals surface area contributed by atoms with Gasteiger partial charge in [0.1, 0.15) is 53.1 Å². The number of aromatic hydroxyl groups is 1. The number of carbonyl (C=O) groups is 7. The van der Waals surface area contributed by atoms with E-state index in [2.05, 4.69) is 46.2 Å². The smallest absolute Gasteiger partial charge is 0.261 e. The van der Waals surface area contributed by atoms with Gasteiger partial charge in [0.2, 0.25) is 40.4 Å². The number of piperidine rings is 1. The van der Waals surface area contributed by atoms with E-state index in [0.29, 0.717) is 22.3 Å². The number of imidazole rings is 1. The van der Waals surface area contributed by atoms with Crippen LogP contribution in [0, 0.1) is 5.92 Å². The molecule has 101 heavy (non-hydrogen) atoms. The van der Waals surface area contributed by atoms with Gasteiger partial charge in [-0.15, -0.1) is 0 Å². The van der Waals surface area contributed by atoms with Gasteiger partial charge in [-0.25, -0.2) is 14.8 Å². The van der Waals surface area contributed by atoms with Crippen LogP contribution in [0.2, 0.25) is 0 Å². The monoisotopic (exact) mass is 1450 g/mol. The molecule has 6 heterocycles. The van der Waals surface area contributed by atoms with Crippen LogP contribution in [0.4, 0.5) is 0 Å². The van der Waals surface area contributed by atoms with Gasteiger partial charge >= 0.3 is 0 Å². The first-order chi connectivity index (χ1) is 48.5. The summed E-state index contributed by atoms with van der Waals surface area (Å²) in [5.41, 5.74) is 2.12. The average Bonchev–Trinajstić information content (AvgIpc) is 1.70. The molecular formula is C66H88N12O21S2. The van der Waals surface area contributed by atoms with Crippen molar-refractivity contribution in [3.8, 4) is 39.1 Å². The highest BCUT2D eigenvalue weighted by Crippen LogP contribution is 2.34. The van der Waals surface area contributed by atoms with E-state index in [1.165, 1.54) is 74.6 Å². The lowest BCUT2D eigenvalue weighted by molar-refractivity contribution is -0.433. The molecule has 0 unspecified atom stereocenters. The van der Waals surface area contributed by atoms with Crippen molar-refractivity contribution >= 4 is 70.0 Å². The molecule has 4 saturated heterocycles. The Morgan fingerprint density at radius 2 is 1.46 bits per heavy atom. The lowest BCUT2D eigenvalue weighted by Gasteiger charge is -2.39. The normalized spacial score (nSPS) is 26.1. The number of β-amino-alcohol motifs (C(OH)–C–C–N with tert-alkyl or cyclic N) is 1. The second-order valence-corrected chi connectivity index (χ2v) is 27.8. The maximum Gasteiger partial charge on any atom is 0.261 e. The van der Waals surface area contributed by atoms with Crippen LogP contribution in [-0.4, -0.2) is 265 Å². The molecule has 2 aromatic heterocycles. The summed E-state index contributed by atoms with van der Waals surface area (Å²) >= 11 is 1.44. The highest BCUT2D eigenvalue weighted by atomic mass is 32.2. The fourth-order valence-corrected chi connectivity index (χ4v) is 14.7. The predicted molar refractivity (Wildman–Crippen MR) is 360 cm³/mol. The number of carbonyl (C=O) groups excluding carboxylic acids is 7. The molecule has 4 aliphatic heterocycles. The third-order valence-electron chi connectivity index (χ3n) is 19.2. The number of benzene rings is 3. The van der Waals surface area contributed by atoms with Crippen LogP contribution in [-0.2, 0) is 44.6 Å². The Hall–Kier alpha value is -7.72. The van der Waals surface area contributed by atoms with Gasteiger partial charge in [-0.05, 0) is 99.7 Å². The Kier molecular flexibility index (Phi) is 26.3. The number of likely N-dealkylation sites (tertiary alicyclic amines) is 1. The molecule has 5 aliphatic rings. The fraction of sp³-hybridized carbons (Fsp3) is 0.561. The van der Waals surface area contributed by atoms with Crippen molar-refractivity contribution in [1.82, 2.24) is 61.2 Å². The highest BCUT2D eigenvalue weighted by molar-refractivity contribution is 7.90. The molecule has 16 N–H and O–H groups in total. The molecule has 5 aromatic rings. The van der Waals surface area contributed by atoms with Gasteiger partial charge in [0.25, 0.3) is 18.2 Å². The lowest BCUT2D eigenvalue weighted by atomic mass is 9.92. The van der Waals surface area contributed by atoms with Gasteiger partial charge in [-0.3, -0.25) is 33.6 Å². The summed E-state index contributed by atoms with van der Waals surface area (Å²) in [4.78, 5) is 112. The molecule has 0 spiro atoms. The molecule has 33 nitrogen and oxygen atoms in total. The molecule has 0 radical (unpaired) electrons. The SMILES string of the molecule is C[C@@H](O)[C@@H]1NC(=O)[C@@H](NC(=O)c2ccc(-c3cn4nc(-c5ccc(OC6CCN(C7CCCCC7)CC6)cc5)sc4n3)cc2)C[C@@H](O)CNC(=O)[C@@H]2[C@@H](O)[C@@H](C)CN2C(=O)[C@H]([C@H](O)CCNC(CO)CO)NC(=O)[C@H]([C@H](O)Cc2ccc(O)c(OSOOO)c2)NC(=O)[C@@H]2C[C@@H](O)CN2C1=O. The Balaban J connectivity index is 0.883. The van der Waals surface area contributed by atoms with Crippen LogP contribution in [0.3, 0.4) is 0 Å². The number of hydrogen-bond donors (Lipinski definition) is 16. The first-order valence-electron chi connectivity index (χ1n) is 33.8. The number of aliphatic hydroxyl groups is 8. The quantitative estimate of drug-likeness (QED) is 0.0165. The third kappa shape index (κ3) is 18.9. The summed E-state index contributed by atoms with van der Waals surface area (Å²) in [6, 6.07) is 5.92. The number of rotatable bonds is 22. The van der Waals surface area contributed by atoms with Crippen molar-refractivity contribution in [2.75, 3.05) is 52.5 Å². The zero-order valence-corrected chi connectivity index (χ0v) is 57.2. The van der Waals surface area contributed by atoms with Gasteiger partial charge in [0.05, 0.1) is 67.8 Å². The van der Waals surface area contributed by atoms with E-state index in [1.807, 2.05) is 24.3 Å². The summed E-state index contributed by atoms with van der Waals surface area (Å²) in [6.45, 7) is 1.77. The maximum absolute atomic E-state index is 15.0.